The minimum Gasteiger partial charge on any atom is -0.340 e. The highest BCUT2D eigenvalue weighted by molar-refractivity contribution is 5.98. The first-order chi connectivity index (χ1) is 9.90. The van der Waals surface area contributed by atoms with Crippen molar-refractivity contribution >= 4 is 11.6 Å². The van der Waals surface area contributed by atoms with Gasteiger partial charge in [-0.2, -0.15) is 0 Å². The molecule has 0 spiro atoms. The van der Waals surface area contributed by atoms with E-state index in [0.29, 0.717) is 6.54 Å². The number of benzene rings is 1. The molecule has 1 unspecified atom stereocenters. The Morgan fingerprint density at radius 2 is 2.29 bits per heavy atom. The van der Waals surface area contributed by atoms with Gasteiger partial charge in [-0.25, -0.2) is 4.39 Å². The van der Waals surface area contributed by atoms with Crippen LogP contribution in [0.3, 0.4) is 0 Å². The Morgan fingerprint density at radius 1 is 1.57 bits per heavy atom. The van der Waals surface area contributed by atoms with E-state index in [-0.39, 0.29) is 17.3 Å². The van der Waals surface area contributed by atoms with Crippen LogP contribution in [0.4, 0.5) is 10.1 Å². The average Bonchev–Trinajstić information content (AvgIpc) is 2.83. The minimum atomic E-state index is -0.664. The summed E-state index contributed by atoms with van der Waals surface area (Å²) in [6, 6.07) is 3.18. The summed E-state index contributed by atoms with van der Waals surface area (Å²) in [5.74, 6) is -1.18. The first-order valence-corrected chi connectivity index (χ1v) is 6.80. The smallest absolute Gasteiger partial charge is 0.282 e. The lowest BCUT2D eigenvalue weighted by atomic mass is 10.1. The third-order valence-corrected chi connectivity index (χ3v) is 3.89. The van der Waals surface area contributed by atoms with Gasteiger partial charge in [0.05, 0.1) is 4.92 Å². The van der Waals surface area contributed by atoms with E-state index in [9.17, 15) is 19.3 Å². The molecule has 0 radical (unpaired) electrons. The van der Waals surface area contributed by atoms with Crippen LogP contribution < -0.4 is 0 Å². The number of likely N-dealkylation sites (N-methyl/N-ethyl adjacent to an activating group) is 2. The molecule has 1 amide bonds. The third kappa shape index (κ3) is 3.36. The van der Waals surface area contributed by atoms with Gasteiger partial charge in [-0.1, -0.05) is 0 Å². The molecule has 7 heteroatoms. The molecule has 2 rings (SSSR count). The monoisotopic (exact) mass is 295 g/mol. The Hall–Kier alpha value is -2.02. The van der Waals surface area contributed by atoms with Crippen LogP contribution in [-0.2, 0) is 0 Å². The predicted octanol–water partition coefficient (Wildman–Crippen LogP) is 1.90. The summed E-state index contributed by atoms with van der Waals surface area (Å²) in [6.07, 6.45) is 2.06. The number of hydrogen-bond donors (Lipinski definition) is 0. The minimum absolute atomic E-state index is 0.205. The van der Waals surface area contributed by atoms with E-state index in [1.54, 1.807) is 7.05 Å². The van der Waals surface area contributed by atoms with Crippen LogP contribution in [0.15, 0.2) is 18.2 Å². The second-order valence-electron chi connectivity index (χ2n) is 5.38. The maximum Gasteiger partial charge on any atom is 0.282 e. The SMILES string of the molecule is CN(CC1CCCN1C)C(=O)c1cc(F)ccc1[N+](=O)[O-]. The maximum absolute atomic E-state index is 13.3. The zero-order chi connectivity index (χ0) is 15.6. The van der Waals surface area contributed by atoms with Crippen LogP contribution in [0.2, 0.25) is 0 Å². The van der Waals surface area contributed by atoms with Crippen LogP contribution in [-0.4, -0.2) is 53.9 Å². The van der Waals surface area contributed by atoms with Crippen molar-refractivity contribution < 1.29 is 14.1 Å². The predicted molar refractivity (Wildman–Crippen MR) is 75.7 cm³/mol. The number of amides is 1. The van der Waals surface area contributed by atoms with Gasteiger partial charge >= 0.3 is 0 Å². The van der Waals surface area contributed by atoms with E-state index in [1.165, 1.54) is 4.90 Å². The van der Waals surface area contributed by atoms with Crippen molar-refractivity contribution in [2.45, 2.75) is 18.9 Å². The molecule has 1 atom stereocenters. The number of carbonyl (C=O) groups is 1. The molecule has 1 fully saturated rings. The van der Waals surface area contributed by atoms with Crippen molar-refractivity contribution in [2.75, 3.05) is 27.2 Å². The number of likely N-dealkylation sites (tertiary alicyclic amines) is 1. The summed E-state index contributed by atoms with van der Waals surface area (Å²) >= 11 is 0. The van der Waals surface area contributed by atoms with E-state index < -0.39 is 16.6 Å². The van der Waals surface area contributed by atoms with E-state index in [4.69, 9.17) is 0 Å². The number of nitro groups is 1. The number of hydrogen-bond acceptors (Lipinski definition) is 4. The van der Waals surface area contributed by atoms with Crippen molar-refractivity contribution in [1.82, 2.24) is 9.80 Å². The fourth-order valence-corrected chi connectivity index (χ4v) is 2.65. The van der Waals surface area contributed by atoms with E-state index in [0.717, 1.165) is 37.6 Å². The standard InChI is InChI=1S/C14H18FN3O3/c1-16-7-3-4-11(16)9-17(2)14(19)12-8-10(15)5-6-13(12)18(20)21/h5-6,8,11H,3-4,7,9H2,1-2H3. The fourth-order valence-electron chi connectivity index (χ4n) is 2.65. The summed E-state index contributed by atoms with van der Waals surface area (Å²) < 4.78 is 13.3. The van der Waals surface area contributed by atoms with Gasteiger partial charge < -0.3 is 9.80 Å². The highest BCUT2D eigenvalue weighted by Crippen LogP contribution is 2.22. The fraction of sp³-hybridized carbons (Fsp3) is 0.500. The van der Waals surface area contributed by atoms with Crippen molar-refractivity contribution in [1.29, 1.82) is 0 Å². The highest BCUT2D eigenvalue weighted by atomic mass is 19.1. The van der Waals surface area contributed by atoms with Gasteiger partial charge in [-0.15, -0.1) is 0 Å². The molecule has 114 valence electrons. The number of rotatable bonds is 4. The molecule has 1 aromatic rings. The van der Waals surface area contributed by atoms with Crippen molar-refractivity contribution in [2.24, 2.45) is 0 Å². The van der Waals surface area contributed by atoms with Crippen molar-refractivity contribution in [3.05, 3.63) is 39.7 Å². The van der Waals surface area contributed by atoms with Crippen molar-refractivity contribution in [3.8, 4) is 0 Å². The van der Waals surface area contributed by atoms with E-state index in [2.05, 4.69) is 4.90 Å². The molecule has 0 bridgehead atoms. The van der Waals surface area contributed by atoms with E-state index in [1.807, 2.05) is 7.05 Å². The highest BCUT2D eigenvalue weighted by Gasteiger charge is 2.27. The van der Waals surface area contributed by atoms with Crippen LogP contribution in [0, 0.1) is 15.9 Å². The summed E-state index contributed by atoms with van der Waals surface area (Å²) in [4.78, 5) is 26.2. The van der Waals surface area contributed by atoms with Crippen LogP contribution in [0.1, 0.15) is 23.2 Å². The lowest BCUT2D eigenvalue weighted by Crippen LogP contribution is -2.39. The largest absolute Gasteiger partial charge is 0.340 e. The Morgan fingerprint density at radius 3 is 2.86 bits per heavy atom. The summed E-state index contributed by atoms with van der Waals surface area (Å²) in [5, 5.41) is 11.0. The molecule has 1 heterocycles. The molecule has 1 aromatic carbocycles. The number of nitrogens with zero attached hydrogens (tertiary/aromatic N) is 3. The Kier molecular flexibility index (Phi) is 4.52. The molecule has 6 nitrogen and oxygen atoms in total. The molecular formula is C14H18FN3O3. The summed E-state index contributed by atoms with van der Waals surface area (Å²) in [5.41, 5.74) is -0.573. The van der Waals surface area contributed by atoms with Crippen LogP contribution in [0.25, 0.3) is 0 Å². The van der Waals surface area contributed by atoms with Crippen LogP contribution >= 0.6 is 0 Å². The van der Waals surface area contributed by atoms with Crippen molar-refractivity contribution in [3.63, 3.8) is 0 Å². The molecule has 0 aromatic heterocycles. The lowest BCUT2D eigenvalue weighted by Gasteiger charge is -2.25. The van der Waals surface area contributed by atoms with Crippen LogP contribution in [0.5, 0.6) is 0 Å². The quantitative estimate of drug-likeness (QED) is 0.628. The normalized spacial score (nSPS) is 18.7. The Labute approximate surface area is 122 Å². The number of halogens is 1. The number of nitro benzene ring substituents is 1. The first-order valence-electron chi connectivity index (χ1n) is 6.80. The molecule has 1 aliphatic heterocycles. The summed E-state index contributed by atoms with van der Waals surface area (Å²) in [6.45, 7) is 1.45. The molecule has 1 aliphatic rings. The molecule has 0 aliphatic carbocycles. The maximum atomic E-state index is 13.3. The lowest BCUT2D eigenvalue weighted by molar-refractivity contribution is -0.385. The Balaban J connectivity index is 2.19. The van der Waals surface area contributed by atoms with Gasteiger partial charge in [0, 0.05) is 25.7 Å². The zero-order valence-corrected chi connectivity index (χ0v) is 12.1. The molecule has 0 saturated carbocycles. The van der Waals surface area contributed by atoms with Gasteiger partial charge in [0.25, 0.3) is 11.6 Å². The molecule has 0 N–H and O–H groups in total. The molecule has 1 saturated heterocycles. The third-order valence-electron chi connectivity index (χ3n) is 3.89. The van der Waals surface area contributed by atoms with Gasteiger partial charge in [-0.3, -0.25) is 14.9 Å². The Bertz CT molecular complexity index is 564. The summed E-state index contributed by atoms with van der Waals surface area (Å²) in [7, 11) is 3.57. The first kappa shape index (κ1) is 15.4. The number of carbonyl (C=O) groups excluding carboxylic acids is 1. The van der Waals surface area contributed by atoms with Gasteiger partial charge in [0.2, 0.25) is 0 Å². The second kappa shape index (κ2) is 6.17. The van der Waals surface area contributed by atoms with Gasteiger partial charge in [0.1, 0.15) is 11.4 Å². The van der Waals surface area contributed by atoms with Gasteiger partial charge in [0.15, 0.2) is 0 Å². The zero-order valence-electron chi connectivity index (χ0n) is 12.1. The van der Waals surface area contributed by atoms with E-state index >= 15 is 0 Å². The average molecular weight is 295 g/mol. The molecular weight excluding hydrogens is 277 g/mol. The second-order valence-corrected chi connectivity index (χ2v) is 5.38. The van der Waals surface area contributed by atoms with Gasteiger partial charge in [-0.05, 0) is 38.6 Å². The topological polar surface area (TPSA) is 66.7 Å². The molecule has 21 heavy (non-hydrogen) atoms.